The van der Waals surface area contributed by atoms with Crippen LogP contribution in [0.2, 0.25) is 0 Å². The molecule has 180 valence electrons. The molecular formula is C27H39N2O4+. The third-order valence-corrected chi connectivity index (χ3v) is 6.66. The highest BCUT2D eigenvalue weighted by molar-refractivity contribution is 5.74. The average molecular weight is 456 g/mol. The number of phenols is 1. The number of amides is 1. The van der Waals surface area contributed by atoms with E-state index >= 15 is 0 Å². The van der Waals surface area contributed by atoms with Crippen LogP contribution in [-0.2, 0) is 20.7 Å². The lowest BCUT2D eigenvalue weighted by molar-refractivity contribution is -0.862. The van der Waals surface area contributed by atoms with Gasteiger partial charge in [-0.05, 0) is 55.2 Å². The van der Waals surface area contributed by atoms with Crippen molar-refractivity contribution in [1.29, 1.82) is 0 Å². The predicted molar refractivity (Wildman–Crippen MR) is 130 cm³/mol. The van der Waals surface area contributed by atoms with Crippen LogP contribution in [0.15, 0.2) is 42.0 Å². The Morgan fingerprint density at radius 2 is 1.91 bits per heavy atom. The van der Waals surface area contributed by atoms with Crippen LogP contribution in [0.25, 0.3) is 0 Å². The zero-order chi connectivity index (χ0) is 24.3. The lowest BCUT2D eigenvalue weighted by atomic mass is 9.73. The van der Waals surface area contributed by atoms with Crippen LogP contribution in [0, 0.1) is 11.8 Å². The Morgan fingerprint density at radius 1 is 1.21 bits per heavy atom. The summed E-state index contributed by atoms with van der Waals surface area (Å²) in [4.78, 5) is 25.4. The van der Waals surface area contributed by atoms with Gasteiger partial charge in [-0.1, -0.05) is 30.4 Å². The number of nitrogens with zero attached hydrogens (tertiary/aromatic N) is 2. The minimum absolute atomic E-state index is 0.00862. The fourth-order valence-electron chi connectivity index (χ4n) is 4.85. The van der Waals surface area contributed by atoms with Gasteiger partial charge in [-0.25, -0.2) is 4.79 Å². The highest BCUT2D eigenvalue weighted by Crippen LogP contribution is 2.43. The van der Waals surface area contributed by atoms with E-state index in [-0.39, 0.29) is 23.7 Å². The number of likely N-dealkylation sites (tertiary alicyclic amines) is 1. The summed E-state index contributed by atoms with van der Waals surface area (Å²) in [6, 6.07) is 5.98. The summed E-state index contributed by atoms with van der Waals surface area (Å²) < 4.78 is 6.07. The number of carbonyl (C=O) groups is 2. The number of phenolic OH excluding ortho intramolecular Hbond substituents is 1. The molecule has 1 N–H and O–H groups in total. The first-order chi connectivity index (χ1) is 15.4. The molecule has 1 aromatic carbocycles. The van der Waals surface area contributed by atoms with E-state index in [4.69, 9.17) is 4.74 Å². The number of allylic oxidation sites excluding steroid dienone is 2. The first-order valence-electron chi connectivity index (χ1n) is 11.8. The van der Waals surface area contributed by atoms with Gasteiger partial charge in [0, 0.05) is 31.5 Å². The van der Waals surface area contributed by atoms with Gasteiger partial charge in [-0.2, -0.15) is 0 Å². The molecule has 0 aromatic heterocycles. The van der Waals surface area contributed by atoms with Gasteiger partial charge in [0.1, 0.15) is 12.4 Å². The van der Waals surface area contributed by atoms with Crippen LogP contribution in [0.3, 0.4) is 0 Å². The smallest absolute Gasteiger partial charge is 0.362 e. The molecule has 1 aliphatic carbocycles. The first-order valence-corrected chi connectivity index (χ1v) is 11.8. The molecule has 33 heavy (non-hydrogen) atoms. The number of hydrogen-bond acceptors (Lipinski definition) is 4. The number of likely N-dealkylation sites (N-methyl/N-ethyl adjacent to an activating group) is 1. The van der Waals surface area contributed by atoms with E-state index in [2.05, 4.69) is 18.7 Å². The van der Waals surface area contributed by atoms with Gasteiger partial charge in [0.05, 0.1) is 21.1 Å². The topological polar surface area (TPSA) is 66.8 Å². The van der Waals surface area contributed by atoms with Crippen molar-refractivity contribution < 1.29 is 23.9 Å². The Bertz CT molecular complexity index is 938. The molecule has 6 heteroatoms. The number of hydrogen-bond donors (Lipinski definition) is 1. The van der Waals surface area contributed by atoms with Gasteiger partial charge < -0.3 is 19.2 Å². The predicted octanol–water partition coefficient (Wildman–Crippen LogP) is 3.66. The number of benzene rings is 1. The van der Waals surface area contributed by atoms with Crippen molar-refractivity contribution in [3.05, 3.63) is 53.1 Å². The highest BCUT2D eigenvalue weighted by atomic mass is 16.5. The van der Waals surface area contributed by atoms with Crippen molar-refractivity contribution in [1.82, 2.24) is 4.90 Å². The molecule has 0 saturated carbocycles. The van der Waals surface area contributed by atoms with Crippen LogP contribution < -0.4 is 0 Å². The van der Waals surface area contributed by atoms with E-state index < -0.39 is 0 Å². The van der Waals surface area contributed by atoms with E-state index in [1.165, 1.54) is 0 Å². The largest absolute Gasteiger partial charge is 0.508 e. The Labute approximate surface area is 198 Å². The number of rotatable bonds is 8. The van der Waals surface area contributed by atoms with E-state index in [9.17, 15) is 14.7 Å². The highest BCUT2D eigenvalue weighted by Gasteiger charge is 2.31. The van der Waals surface area contributed by atoms with Crippen LogP contribution in [0.4, 0.5) is 0 Å². The maximum atomic E-state index is 12.2. The SMILES string of the molecule is C=C(C)C1CCC(COC(=O)C[N+](C)(C)C)=CC1c1ccc(CC2CN(C(C)=O)C2)cc1O. The van der Waals surface area contributed by atoms with Crippen LogP contribution in [-0.4, -0.2) is 73.8 Å². The lowest BCUT2D eigenvalue weighted by Gasteiger charge is -2.39. The quantitative estimate of drug-likeness (QED) is 0.369. The fraction of sp³-hybridized carbons (Fsp3) is 0.556. The maximum absolute atomic E-state index is 12.2. The Balaban J connectivity index is 1.71. The number of aromatic hydroxyl groups is 1. The number of ether oxygens (including phenoxy) is 1. The van der Waals surface area contributed by atoms with Crippen molar-refractivity contribution in [2.75, 3.05) is 47.4 Å². The summed E-state index contributed by atoms with van der Waals surface area (Å²) in [6.45, 7) is 10.0. The standard InChI is InChI=1S/C27H38N2O4/c1-18(2)23-9-8-21(17-33-27(32)16-29(4,5)6)12-25(23)24-10-7-20(13-26(24)31)11-22-14-28(15-22)19(3)30/h7,10,12-13,22-23,25H,1,8-9,11,14-17H2,2-6H3/p+1. The molecule has 2 unspecified atom stereocenters. The first kappa shape index (κ1) is 25.0. The lowest BCUT2D eigenvalue weighted by Crippen LogP contribution is -2.49. The van der Waals surface area contributed by atoms with Crippen molar-refractivity contribution in [3.8, 4) is 5.75 Å². The van der Waals surface area contributed by atoms with Crippen LogP contribution in [0.5, 0.6) is 5.75 Å². The molecule has 2 atom stereocenters. The van der Waals surface area contributed by atoms with Gasteiger partial charge >= 0.3 is 5.97 Å². The molecule has 1 heterocycles. The van der Waals surface area contributed by atoms with Gasteiger partial charge in [-0.15, -0.1) is 0 Å². The molecule has 0 spiro atoms. The van der Waals surface area contributed by atoms with Gasteiger partial charge in [0.25, 0.3) is 0 Å². The van der Waals surface area contributed by atoms with E-state index in [0.717, 1.165) is 54.6 Å². The maximum Gasteiger partial charge on any atom is 0.362 e. The molecule has 3 rings (SSSR count). The molecule has 0 bridgehead atoms. The third-order valence-electron chi connectivity index (χ3n) is 6.66. The Hall–Kier alpha value is -2.60. The van der Waals surface area contributed by atoms with E-state index in [1.54, 1.807) is 6.92 Å². The summed E-state index contributed by atoms with van der Waals surface area (Å²) in [5.41, 5.74) is 4.17. The zero-order valence-corrected chi connectivity index (χ0v) is 20.8. The fourth-order valence-corrected chi connectivity index (χ4v) is 4.85. The summed E-state index contributed by atoms with van der Waals surface area (Å²) >= 11 is 0. The molecule has 6 nitrogen and oxygen atoms in total. The Kier molecular flexibility index (Phi) is 7.68. The minimum atomic E-state index is -0.200. The molecule has 0 radical (unpaired) electrons. The number of esters is 1. The van der Waals surface area contributed by atoms with E-state index in [1.807, 2.05) is 45.1 Å². The zero-order valence-electron chi connectivity index (χ0n) is 20.8. The van der Waals surface area contributed by atoms with Crippen molar-refractivity contribution >= 4 is 11.9 Å². The van der Waals surface area contributed by atoms with Gasteiger partial charge in [0.15, 0.2) is 6.54 Å². The second-order valence-electron chi connectivity index (χ2n) is 10.8. The number of quaternary nitrogens is 1. The summed E-state index contributed by atoms with van der Waals surface area (Å²) in [5, 5.41) is 10.9. The third kappa shape index (κ3) is 6.70. The molecule has 1 aromatic rings. The van der Waals surface area contributed by atoms with Crippen molar-refractivity contribution in [2.45, 2.75) is 39.0 Å². The average Bonchev–Trinajstić information content (AvgIpc) is 2.67. The monoisotopic (exact) mass is 455 g/mol. The molecule has 1 amide bonds. The molecule has 1 saturated heterocycles. The summed E-state index contributed by atoms with van der Waals surface area (Å²) in [7, 11) is 5.89. The summed E-state index contributed by atoms with van der Waals surface area (Å²) in [6.07, 6.45) is 4.80. The van der Waals surface area contributed by atoms with Crippen LogP contribution >= 0.6 is 0 Å². The van der Waals surface area contributed by atoms with Gasteiger partial charge in [0.2, 0.25) is 5.91 Å². The van der Waals surface area contributed by atoms with Gasteiger partial charge in [-0.3, -0.25) is 4.79 Å². The van der Waals surface area contributed by atoms with E-state index in [0.29, 0.717) is 29.3 Å². The van der Waals surface area contributed by atoms with Crippen molar-refractivity contribution in [2.24, 2.45) is 11.8 Å². The van der Waals surface area contributed by atoms with Crippen LogP contribution in [0.1, 0.15) is 43.7 Å². The second kappa shape index (κ2) is 10.1. The minimum Gasteiger partial charge on any atom is -0.508 e. The summed E-state index contributed by atoms with van der Waals surface area (Å²) in [5.74, 6) is 0.917. The van der Waals surface area contributed by atoms with Crippen molar-refractivity contribution in [3.63, 3.8) is 0 Å². The molecule has 1 fully saturated rings. The number of carbonyl (C=O) groups excluding carboxylic acids is 2. The molecule has 1 aliphatic heterocycles. The molecular weight excluding hydrogens is 416 g/mol. The normalized spacial score (nSPS) is 21.2. The second-order valence-corrected chi connectivity index (χ2v) is 10.8. The molecule has 2 aliphatic rings. The Morgan fingerprint density at radius 3 is 2.48 bits per heavy atom.